The largest absolute Gasteiger partial charge is 0.497 e. The Morgan fingerprint density at radius 1 is 1.38 bits per heavy atom. The van der Waals surface area contributed by atoms with Crippen molar-refractivity contribution in [2.75, 3.05) is 20.2 Å². The molecule has 0 aliphatic carbocycles. The Kier molecular flexibility index (Phi) is 5.22. The number of rotatable bonds is 6. The zero-order valence-corrected chi connectivity index (χ0v) is 10.6. The minimum absolute atomic E-state index is 0.537. The van der Waals surface area contributed by atoms with Gasteiger partial charge in [0.05, 0.1) is 12.1 Å². The Labute approximate surface area is 102 Å². The highest BCUT2D eigenvalue weighted by Crippen LogP contribution is 2.12. The summed E-state index contributed by atoms with van der Waals surface area (Å²) in [5, 5.41) is 0. The summed E-state index contributed by atoms with van der Waals surface area (Å²) in [6.45, 7) is 4.56. The van der Waals surface area contributed by atoms with Crippen LogP contribution in [0.2, 0.25) is 0 Å². The summed E-state index contributed by atoms with van der Waals surface area (Å²) in [5.41, 5.74) is 6.77. The molecule has 0 heterocycles. The first-order valence-electron chi connectivity index (χ1n) is 5.29. The maximum Gasteiger partial charge on any atom is 0.118 e. The van der Waals surface area contributed by atoms with Crippen LogP contribution in [0.4, 0.5) is 0 Å². The summed E-state index contributed by atoms with van der Waals surface area (Å²) < 4.78 is 5.11. The Bertz CT molecular complexity index is 337. The van der Waals surface area contributed by atoms with E-state index in [0.717, 1.165) is 18.8 Å². The zero-order valence-electron chi connectivity index (χ0n) is 9.77. The van der Waals surface area contributed by atoms with E-state index in [9.17, 15) is 0 Å². The van der Waals surface area contributed by atoms with Crippen LogP contribution in [0, 0.1) is 0 Å². The van der Waals surface area contributed by atoms with Crippen molar-refractivity contribution >= 4 is 17.2 Å². The molecule has 2 N–H and O–H groups in total. The van der Waals surface area contributed by atoms with Gasteiger partial charge in [-0.05, 0) is 24.2 Å². The fourth-order valence-electron chi connectivity index (χ4n) is 1.49. The van der Waals surface area contributed by atoms with Crippen molar-refractivity contribution in [3.8, 4) is 5.75 Å². The number of hydrogen-bond acceptors (Lipinski definition) is 3. The standard InChI is InChI=1S/C12H18N2OS/c1-3-14(9-12(13)16)8-10-4-6-11(15-2)7-5-10/h4-7H,3,8-9H2,1-2H3,(H2,13,16). The van der Waals surface area contributed by atoms with Crippen molar-refractivity contribution in [3.63, 3.8) is 0 Å². The highest BCUT2D eigenvalue weighted by molar-refractivity contribution is 7.80. The molecule has 0 fully saturated rings. The third kappa shape index (κ3) is 4.16. The molecule has 0 saturated heterocycles. The fraction of sp³-hybridized carbons (Fsp3) is 0.417. The molecular formula is C12H18N2OS. The van der Waals surface area contributed by atoms with Gasteiger partial charge in [-0.25, -0.2) is 0 Å². The Hall–Kier alpha value is -1.13. The van der Waals surface area contributed by atoms with Crippen LogP contribution in [0.15, 0.2) is 24.3 Å². The third-order valence-corrected chi connectivity index (χ3v) is 2.52. The monoisotopic (exact) mass is 238 g/mol. The van der Waals surface area contributed by atoms with E-state index in [1.165, 1.54) is 5.56 Å². The number of hydrogen-bond donors (Lipinski definition) is 1. The predicted molar refractivity (Wildman–Crippen MR) is 70.7 cm³/mol. The quantitative estimate of drug-likeness (QED) is 0.767. The Balaban J connectivity index is 2.59. The third-order valence-electron chi connectivity index (χ3n) is 2.39. The first kappa shape index (κ1) is 12.9. The molecule has 0 aliphatic rings. The molecule has 0 spiro atoms. The van der Waals surface area contributed by atoms with Crippen LogP contribution in [0.5, 0.6) is 5.75 Å². The fourth-order valence-corrected chi connectivity index (χ4v) is 1.67. The van der Waals surface area contributed by atoms with Crippen molar-refractivity contribution in [1.29, 1.82) is 0 Å². The van der Waals surface area contributed by atoms with Crippen LogP contribution in [-0.4, -0.2) is 30.1 Å². The van der Waals surface area contributed by atoms with E-state index < -0.39 is 0 Å². The minimum Gasteiger partial charge on any atom is -0.497 e. The summed E-state index contributed by atoms with van der Waals surface area (Å²) in [6, 6.07) is 8.04. The van der Waals surface area contributed by atoms with E-state index in [1.807, 2.05) is 12.1 Å². The molecule has 0 bridgehead atoms. The van der Waals surface area contributed by atoms with Gasteiger partial charge in [0.25, 0.3) is 0 Å². The van der Waals surface area contributed by atoms with Gasteiger partial charge in [-0.2, -0.15) is 0 Å². The average Bonchev–Trinajstić information content (AvgIpc) is 2.28. The lowest BCUT2D eigenvalue weighted by atomic mass is 10.2. The number of nitrogens with zero attached hydrogens (tertiary/aromatic N) is 1. The molecule has 0 aliphatic heterocycles. The van der Waals surface area contributed by atoms with Gasteiger partial charge in [0.15, 0.2) is 0 Å². The van der Waals surface area contributed by atoms with Gasteiger partial charge in [0, 0.05) is 13.1 Å². The number of nitrogens with two attached hydrogens (primary N) is 1. The lowest BCUT2D eigenvalue weighted by Crippen LogP contribution is -2.32. The molecule has 1 rings (SSSR count). The molecule has 0 aromatic heterocycles. The number of ether oxygens (including phenoxy) is 1. The van der Waals surface area contributed by atoms with E-state index in [0.29, 0.717) is 11.5 Å². The lowest BCUT2D eigenvalue weighted by Gasteiger charge is -2.19. The highest BCUT2D eigenvalue weighted by Gasteiger charge is 2.04. The van der Waals surface area contributed by atoms with Gasteiger partial charge >= 0.3 is 0 Å². The van der Waals surface area contributed by atoms with Gasteiger partial charge in [-0.3, -0.25) is 4.90 Å². The number of thiocarbonyl (C=S) groups is 1. The minimum atomic E-state index is 0.537. The average molecular weight is 238 g/mol. The number of methoxy groups -OCH3 is 1. The molecule has 0 atom stereocenters. The summed E-state index contributed by atoms with van der Waals surface area (Å²) in [4.78, 5) is 2.74. The van der Waals surface area contributed by atoms with E-state index >= 15 is 0 Å². The molecule has 4 heteroatoms. The van der Waals surface area contributed by atoms with Crippen molar-refractivity contribution in [3.05, 3.63) is 29.8 Å². The molecule has 16 heavy (non-hydrogen) atoms. The Morgan fingerprint density at radius 2 is 2.00 bits per heavy atom. The summed E-state index contributed by atoms with van der Waals surface area (Å²) >= 11 is 4.91. The first-order chi connectivity index (χ1) is 7.65. The second-order valence-electron chi connectivity index (χ2n) is 3.62. The Morgan fingerprint density at radius 3 is 2.44 bits per heavy atom. The zero-order chi connectivity index (χ0) is 12.0. The van der Waals surface area contributed by atoms with Crippen LogP contribution in [-0.2, 0) is 6.54 Å². The molecular weight excluding hydrogens is 220 g/mol. The SMILES string of the molecule is CCN(CC(N)=S)Cc1ccc(OC)cc1. The molecule has 0 unspecified atom stereocenters. The second kappa shape index (κ2) is 6.45. The maximum atomic E-state index is 5.54. The van der Waals surface area contributed by atoms with Crippen molar-refractivity contribution in [2.24, 2.45) is 5.73 Å². The van der Waals surface area contributed by atoms with Crippen LogP contribution in [0.3, 0.4) is 0 Å². The van der Waals surface area contributed by atoms with Crippen LogP contribution < -0.4 is 10.5 Å². The topological polar surface area (TPSA) is 38.5 Å². The van der Waals surface area contributed by atoms with Gasteiger partial charge in [-0.15, -0.1) is 0 Å². The van der Waals surface area contributed by atoms with Crippen molar-refractivity contribution in [1.82, 2.24) is 4.90 Å². The van der Waals surface area contributed by atoms with Gasteiger partial charge in [-0.1, -0.05) is 31.3 Å². The molecule has 1 aromatic carbocycles. The normalized spacial score (nSPS) is 10.4. The van der Waals surface area contributed by atoms with Crippen LogP contribution in [0.1, 0.15) is 12.5 Å². The van der Waals surface area contributed by atoms with Crippen LogP contribution in [0.25, 0.3) is 0 Å². The summed E-state index contributed by atoms with van der Waals surface area (Å²) in [6.07, 6.45) is 0. The first-order valence-corrected chi connectivity index (χ1v) is 5.70. The summed E-state index contributed by atoms with van der Waals surface area (Å²) in [5.74, 6) is 0.876. The van der Waals surface area contributed by atoms with E-state index in [-0.39, 0.29) is 0 Å². The molecule has 1 aromatic rings. The molecule has 0 radical (unpaired) electrons. The summed E-state index contributed by atoms with van der Waals surface area (Å²) in [7, 11) is 1.67. The van der Waals surface area contributed by atoms with Gasteiger partial charge in [0.1, 0.15) is 5.75 Å². The smallest absolute Gasteiger partial charge is 0.118 e. The number of likely N-dealkylation sites (N-methyl/N-ethyl adjacent to an activating group) is 1. The maximum absolute atomic E-state index is 5.54. The van der Waals surface area contributed by atoms with Gasteiger partial charge in [0.2, 0.25) is 0 Å². The van der Waals surface area contributed by atoms with Crippen LogP contribution >= 0.6 is 12.2 Å². The second-order valence-corrected chi connectivity index (χ2v) is 4.14. The van der Waals surface area contributed by atoms with E-state index in [4.69, 9.17) is 22.7 Å². The number of benzene rings is 1. The van der Waals surface area contributed by atoms with Crippen molar-refractivity contribution in [2.45, 2.75) is 13.5 Å². The van der Waals surface area contributed by atoms with E-state index in [2.05, 4.69) is 24.0 Å². The van der Waals surface area contributed by atoms with E-state index in [1.54, 1.807) is 7.11 Å². The predicted octanol–water partition coefficient (Wildman–Crippen LogP) is 1.80. The van der Waals surface area contributed by atoms with Gasteiger partial charge < -0.3 is 10.5 Å². The molecule has 88 valence electrons. The highest BCUT2D eigenvalue weighted by atomic mass is 32.1. The molecule has 3 nitrogen and oxygen atoms in total. The molecule has 0 amide bonds. The van der Waals surface area contributed by atoms with Crippen molar-refractivity contribution < 1.29 is 4.74 Å². The molecule has 0 saturated carbocycles. The lowest BCUT2D eigenvalue weighted by molar-refractivity contribution is 0.321.